The van der Waals surface area contributed by atoms with Crippen molar-refractivity contribution >= 4 is 12.4 Å². The molecule has 24 heavy (non-hydrogen) atoms. The number of hydrogen-bond acceptors (Lipinski definition) is 3. The van der Waals surface area contributed by atoms with Gasteiger partial charge in [0.2, 0.25) is 0 Å². The zero-order valence-corrected chi connectivity index (χ0v) is 14.9. The van der Waals surface area contributed by atoms with Crippen LogP contribution < -0.4 is 10.5 Å². The van der Waals surface area contributed by atoms with Crippen LogP contribution in [-0.4, -0.2) is 24.5 Å². The zero-order chi connectivity index (χ0) is 15.9. The van der Waals surface area contributed by atoms with E-state index in [1.165, 1.54) is 24.0 Å². The molecule has 0 saturated carbocycles. The lowest BCUT2D eigenvalue weighted by Gasteiger charge is -2.31. The van der Waals surface area contributed by atoms with Gasteiger partial charge in [-0.15, -0.1) is 12.4 Å². The van der Waals surface area contributed by atoms with Crippen LogP contribution >= 0.6 is 12.4 Å². The topological polar surface area (TPSA) is 38.5 Å². The van der Waals surface area contributed by atoms with E-state index in [0.717, 1.165) is 37.8 Å². The Morgan fingerprint density at radius 2 is 1.58 bits per heavy atom. The van der Waals surface area contributed by atoms with Crippen molar-refractivity contribution in [2.24, 2.45) is 11.7 Å². The molecule has 2 aromatic rings. The van der Waals surface area contributed by atoms with Gasteiger partial charge in [-0.05, 0) is 61.7 Å². The first-order chi connectivity index (χ1) is 11.3. The van der Waals surface area contributed by atoms with E-state index in [4.69, 9.17) is 10.5 Å². The number of ether oxygens (including phenoxy) is 1. The van der Waals surface area contributed by atoms with Crippen LogP contribution in [0.2, 0.25) is 0 Å². The van der Waals surface area contributed by atoms with Gasteiger partial charge in [0.1, 0.15) is 12.4 Å². The molecule has 2 aromatic carbocycles. The van der Waals surface area contributed by atoms with E-state index in [-0.39, 0.29) is 12.4 Å². The number of likely N-dealkylation sites (tertiary alicyclic amines) is 1. The van der Waals surface area contributed by atoms with Crippen molar-refractivity contribution in [3.05, 3.63) is 65.7 Å². The molecule has 0 amide bonds. The monoisotopic (exact) mass is 346 g/mol. The van der Waals surface area contributed by atoms with Gasteiger partial charge in [0.25, 0.3) is 0 Å². The van der Waals surface area contributed by atoms with Crippen LogP contribution in [0.15, 0.2) is 54.6 Å². The molecule has 3 nitrogen and oxygen atoms in total. The standard InChI is InChI=1S/C20H26N2O.ClH/c21-14-17-10-12-22(13-11-17)15-18-6-8-20(9-7-18)23-16-19-4-2-1-3-5-19;/h1-9,17H,10-16,21H2;1H. The molecule has 1 heterocycles. The number of hydrogen-bond donors (Lipinski definition) is 1. The molecule has 0 unspecified atom stereocenters. The molecule has 1 fully saturated rings. The Hall–Kier alpha value is -1.55. The van der Waals surface area contributed by atoms with E-state index in [1.54, 1.807) is 0 Å². The molecular formula is C20H27ClN2O. The number of nitrogens with zero attached hydrogens (tertiary/aromatic N) is 1. The lowest BCUT2D eigenvalue weighted by molar-refractivity contribution is 0.180. The van der Waals surface area contributed by atoms with Gasteiger partial charge in [-0.3, -0.25) is 4.90 Å². The Morgan fingerprint density at radius 1 is 0.917 bits per heavy atom. The van der Waals surface area contributed by atoms with Gasteiger partial charge < -0.3 is 10.5 Å². The first-order valence-electron chi connectivity index (χ1n) is 8.51. The Labute approximate surface area is 151 Å². The van der Waals surface area contributed by atoms with Crippen molar-refractivity contribution in [1.29, 1.82) is 0 Å². The van der Waals surface area contributed by atoms with Crippen molar-refractivity contribution in [3.63, 3.8) is 0 Å². The third-order valence-electron chi connectivity index (χ3n) is 4.62. The smallest absolute Gasteiger partial charge is 0.119 e. The highest BCUT2D eigenvalue weighted by atomic mass is 35.5. The van der Waals surface area contributed by atoms with Crippen LogP contribution in [0.1, 0.15) is 24.0 Å². The molecule has 0 atom stereocenters. The Kier molecular flexibility index (Phi) is 7.57. The normalized spacial score (nSPS) is 15.7. The van der Waals surface area contributed by atoms with Crippen LogP contribution in [0.3, 0.4) is 0 Å². The van der Waals surface area contributed by atoms with Crippen LogP contribution in [0.5, 0.6) is 5.75 Å². The van der Waals surface area contributed by atoms with Crippen molar-refractivity contribution in [3.8, 4) is 5.75 Å². The highest BCUT2D eigenvalue weighted by Gasteiger charge is 2.17. The molecule has 0 aliphatic carbocycles. The highest BCUT2D eigenvalue weighted by Crippen LogP contribution is 2.19. The summed E-state index contributed by atoms with van der Waals surface area (Å²) in [6.07, 6.45) is 2.46. The van der Waals surface area contributed by atoms with Gasteiger partial charge in [0.05, 0.1) is 0 Å². The van der Waals surface area contributed by atoms with E-state index >= 15 is 0 Å². The molecule has 0 bridgehead atoms. The maximum atomic E-state index is 5.84. The van der Waals surface area contributed by atoms with Gasteiger partial charge >= 0.3 is 0 Å². The highest BCUT2D eigenvalue weighted by molar-refractivity contribution is 5.85. The molecule has 1 aliphatic heterocycles. The van der Waals surface area contributed by atoms with Gasteiger partial charge in [0, 0.05) is 6.54 Å². The van der Waals surface area contributed by atoms with Crippen molar-refractivity contribution < 1.29 is 4.74 Å². The number of piperidine rings is 1. The third kappa shape index (κ3) is 5.52. The lowest BCUT2D eigenvalue weighted by Crippen LogP contribution is -2.35. The fourth-order valence-corrected chi connectivity index (χ4v) is 3.07. The lowest BCUT2D eigenvalue weighted by atomic mass is 9.97. The molecule has 4 heteroatoms. The molecule has 130 valence electrons. The van der Waals surface area contributed by atoms with Gasteiger partial charge in [-0.25, -0.2) is 0 Å². The first-order valence-corrected chi connectivity index (χ1v) is 8.51. The van der Waals surface area contributed by atoms with Crippen LogP contribution in [0, 0.1) is 5.92 Å². The number of rotatable bonds is 6. The van der Waals surface area contributed by atoms with Crippen molar-refractivity contribution in [1.82, 2.24) is 4.90 Å². The summed E-state index contributed by atoms with van der Waals surface area (Å²) in [4.78, 5) is 2.52. The predicted octanol–water partition coefficient (Wildman–Crippen LogP) is 3.86. The largest absolute Gasteiger partial charge is 0.489 e. The average molecular weight is 347 g/mol. The summed E-state index contributed by atoms with van der Waals surface area (Å²) in [5, 5.41) is 0. The quantitative estimate of drug-likeness (QED) is 0.863. The maximum Gasteiger partial charge on any atom is 0.119 e. The predicted molar refractivity (Wildman–Crippen MR) is 102 cm³/mol. The van der Waals surface area contributed by atoms with Crippen molar-refractivity contribution in [2.45, 2.75) is 26.0 Å². The van der Waals surface area contributed by atoms with E-state index in [1.807, 2.05) is 18.2 Å². The molecule has 0 radical (unpaired) electrons. The average Bonchev–Trinajstić information content (AvgIpc) is 2.63. The summed E-state index contributed by atoms with van der Waals surface area (Å²) >= 11 is 0. The fraction of sp³-hybridized carbons (Fsp3) is 0.400. The number of benzene rings is 2. The molecule has 0 aromatic heterocycles. The molecule has 1 saturated heterocycles. The summed E-state index contributed by atoms with van der Waals surface area (Å²) in [5.74, 6) is 1.65. The minimum atomic E-state index is 0. The number of halogens is 1. The summed E-state index contributed by atoms with van der Waals surface area (Å²) in [7, 11) is 0. The van der Waals surface area contributed by atoms with E-state index < -0.39 is 0 Å². The van der Waals surface area contributed by atoms with Crippen molar-refractivity contribution in [2.75, 3.05) is 19.6 Å². The van der Waals surface area contributed by atoms with Crippen LogP contribution in [-0.2, 0) is 13.2 Å². The molecular weight excluding hydrogens is 320 g/mol. The first kappa shape index (κ1) is 18.8. The minimum Gasteiger partial charge on any atom is -0.489 e. The van der Waals surface area contributed by atoms with Crippen LogP contribution in [0.4, 0.5) is 0 Å². The van der Waals surface area contributed by atoms with E-state index in [0.29, 0.717) is 6.61 Å². The van der Waals surface area contributed by atoms with Crippen LogP contribution in [0.25, 0.3) is 0 Å². The maximum absolute atomic E-state index is 5.84. The summed E-state index contributed by atoms with van der Waals surface area (Å²) < 4.78 is 5.84. The zero-order valence-electron chi connectivity index (χ0n) is 14.1. The van der Waals surface area contributed by atoms with Gasteiger partial charge in [0.15, 0.2) is 0 Å². The molecule has 2 N–H and O–H groups in total. The Bertz CT molecular complexity index is 580. The third-order valence-corrected chi connectivity index (χ3v) is 4.62. The van der Waals surface area contributed by atoms with Gasteiger partial charge in [-0.2, -0.15) is 0 Å². The SMILES string of the molecule is Cl.NCC1CCN(Cc2ccc(OCc3ccccc3)cc2)CC1. The number of nitrogens with two attached hydrogens (primary N) is 1. The summed E-state index contributed by atoms with van der Waals surface area (Å²) in [6, 6.07) is 18.8. The Morgan fingerprint density at radius 3 is 2.21 bits per heavy atom. The van der Waals surface area contributed by atoms with E-state index in [2.05, 4.69) is 41.3 Å². The second-order valence-corrected chi connectivity index (χ2v) is 6.37. The fourth-order valence-electron chi connectivity index (χ4n) is 3.07. The molecule has 3 rings (SSSR count). The second-order valence-electron chi connectivity index (χ2n) is 6.37. The Balaban J connectivity index is 0.00000208. The molecule has 1 aliphatic rings. The van der Waals surface area contributed by atoms with E-state index in [9.17, 15) is 0 Å². The molecule has 0 spiro atoms. The summed E-state index contributed by atoms with van der Waals surface area (Å²) in [6.45, 7) is 4.80. The summed E-state index contributed by atoms with van der Waals surface area (Å²) in [5.41, 5.74) is 8.30. The minimum absolute atomic E-state index is 0. The second kappa shape index (κ2) is 9.67. The van der Waals surface area contributed by atoms with Gasteiger partial charge in [-0.1, -0.05) is 42.5 Å².